The molecule has 3 rings (SSSR count). The summed E-state index contributed by atoms with van der Waals surface area (Å²) in [4.78, 5) is 12.4. The number of halogens is 3. The molecular weight excluding hydrogens is 419 g/mol. The number of amides is 1. The van der Waals surface area contributed by atoms with E-state index in [9.17, 15) is 4.79 Å². The highest BCUT2D eigenvalue weighted by molar-refractivity contribution is 9.10. The van der Waals surface area contributed by atoms with Crippen LogP contribution >= 0.6 is 39.1 Å². The average molecular weight is 430 g/mol. The number of benzene rings is 1. The van der Waals surface area contributed by atoms with Crippen molar-refractivity contribution in [1.82, 2.24) is 14.6 Å². The number of ether oxygens (including phenoxy) is 1. The van der Waals surface area contributed by atoms with Crippen molar-refractivity contribution < 1.29 is 9.53 Å². The largest absolute Gasteiger partial charge is 0.479 e. The Kier molecular flexibility index (Phi) is 4.93. The van der Waals surface area contributed by atoms with Crippen LogP contribution in [0.4, 0.5) is 5.69 Å². The molecule has 0 radical (unpaired) electrons. The highest BCUT2D eigenvalue weighted by Gasteiger charge is 2.18. The number of carbonyl (C=O) groups is 1. The third-order valence-electron chi connectivity index (χ3n) is 3.18. The van der Waals surface area contributed by atoms with E-state index in [2.05, 4.69) is 31.4 Å². The van der Waals surface area contributed by atoms with E-state index < -0.39 is 6.10 Å². The number of pyridine rings is 1. The first-order valence-corrected chi connectivity index (χ1v) is 8.40. The van der Waals surface area contributed by atoms with Crippen molar-refractivity contribution in [2.24, 2.45) is 0 Å². The third kappa shape index (κ3) is 3.63. The van der Waals surface area contributed by atoms with Crippen molar-refractivity contribution in [2.75, 3.05) is 5.32 Å². The van der Waals surface area contributed by atoms with Crippen LogP contribution < -0.4 is 10.1 Å². The fourth-order valence-electron chi connectivity index (χ4n) is 2.04. The van der Waals surface area contributed by atoms with Gasteiger partial charge in [-0.25, -0.2) is 0 Å². The summed E-state index contributed by atoms with van der Waals surface area (Å²) in [6.07, 6.45) is 2.56. The number of fused-ring (bicyclic) bond motifs is 1. The Balaban J connectivity index is 1.77. The normalized spacial score (nSPS) is 12.2. The maximum Gasteiger partial charge on any atom is 0.265 e. The highest BCUT2D eigenvalue weighted by atomic mass is 79.9. The Labute approximate surface area is 155 Å². The molecule has 0 bridgehead atoms. The number of hydrogen-bond donors (Lipinski definition) is 1. The number of carbonyl (C=O) groups excluding carboxylic acids is 1. The van der Waals surface area contributed by atoms with E-state index in [4.69, 9.17) is 27.9 Å². The van der Waals surface area contributed by atoms with E-state index in [1.165, 1.54) is 0 Å². The van der Waals surface area contributed by atoms with Crippen molar-refractivity contribution >= 4 is 56.4 Å². The molecule has 3 aromatic rings. The number of rotatable bonds is 4. The topological polar surface area (TPSA) is 68.5 Å². The summed E-state index contributed by atoms with van der Waals surface area (Å²) in [6.45, 7) is 1.62. The summed E-state index contributed by atoms with van der Waals surface area (Å²) < 4.78 is 8.07. The van der Waals surface area contributed by atoms with Gasteiger partial charge in [-0.3, -0.25) is 9.20 Å². The van der Waals surface area contributed by atoms with Gasteiger partial charge < -0.3 is 10.1 Å². The summed E-state index contributed by atoms with van der Waals surface area (Å²) >= 11 is 15.3. The van der Waals surface area contributed by atoms with E-state index in [-0.39, 0.29) is 5.91 Å². The van der Waals surface area contributed by atoms with Crippen LogP contribution in [0.1, 0.15) is 6.92 Å². The molecule has 0 aliphatic carbocycles. The van der Waals surface area contributed by atoms with Gasteiger partial charge in [0.15, 0.2) is 11.8 Å². The lowest BCUT2D eigenvalue weighted by atomic mass is 10.3. The van der Waals surface area contributed by atoms with Gasteiger partial charge in [0.2, 0.25) is 0 Å². The lowest BCUT2D eigenvalue weighted by Crippen LogP contribution is -2.30. The number of aromatic nitrogens is 3. The predicted molar refractivity (Wildman–Crippen MR) is 95.9 cm³/mol. The van der Waals surface area contributed by atoms with E-state index >= 15 is 0 Å². The zero-order valence-corrected chi connectivity index (χ0v) is 15.4. The van der Waals surface area contributed by atoms with Crippen LogP contribution in [0.5, 0.6) is 5.75 Å². The molecule has 1 N–H and O–H groups in total. The third-order valence-corrected chi connectivity index (χ3v) is 4.15. The Hall–Kier alpha value is -1.83. The van der Waals surface area contributed by atoms with Gasteiger partial charge in [-0.05, 0) is 47.1 Å². The summed E-state index contributed by atoms with van der Waals surface area (Å²) in [6, 6.07) is 6.55. The maximum absolute atomic E-state index is 12.4. The lowest BCUT2D eigenvalue weighted by molar-refractivity contribution is -0.122. The van der Waals surface area contributed by atoms with Gasteiger partial charge in [-0.2, -0.15) is 0 Å². The summed E-state index contributed by atoms with van der Waals surface area (Å²) in [7, 11) is 0. The first-order chi connectivity index (χ1) is 11.4. The van der Waals surface area contributed by atoms with Crippen LogP contribution in [0.15, 0.2) is 41.3 Å². The molecule has 0 saturated carbocycles. The summed E-state index contributed by atoms with van der Waals surface area (Å²) in [5.74, 6) is 0.0367. The van der Waals surface area contributed by atoms with Gasteiger partial charge in [0.25, 0.3) is 5.91 Å². The van der Waals surface area contributed by atoms with Gasteiger partial charge in [0.1, 0.15) is 12.1 Å². The number of anilines is 1. The summed E-state index contributed by atoms with van der Waals surface area (Å²) in [5, 5.41) is 11.4. The van der Waals surface area contributed by atoms with Gasteiger partial charge in [0, 0.05) is 15.7 Å². The Morgan fingerprint density at radius 2 is 2.17 bits per heavy atom. The minimum absolute atomic E-state index is 0.337. The fraction of sp³-hybridized carbons (Fsp3) is 0.133. The first-order valence-electron chi connectivity index (χ1n) is 6.85. The Bertz CT molecular complexity index is 916. The predicted octanol–water partition coefficient (Wildman–Crippen LogP) is 4.20. The average Bonchev–Trinajstić information content (AvgIpc) is 2.98. The number of nitrogens with zero attached hydrogens (tertiary/aromatic N) is 3. The smallest absolute Gasteiger partial charge is 0.265 e. The Morgan fingerprint density at radius 1 is 1.38 bits per heavy atom. The molecule has 0 saturated heterocycles. The maximum atomic E-state index is 12.4. The van der Waals surface area contributed by atoms with Crippen LogP contribution in [0, 0.1) is 0 Å². The highest BCUT2D eigenvalue weighted by Crippen LogP contribution is 2.28. The quantitative estimate of drug-likeness (QED) is 0.674. The second-order valence-electron chi connectivity index (χ2n) is 4.96. The minimum Gasteiger partial charge on any atom is -0.479 e. The van der Waals surface area contributed by atoms with Gasteiger partial charge in [0.05, 0.1) is 10.7 Å². The van der Waals surface area contributed by atoms with Gasteiger partial charge >= 0.3 is 0 Å². The molecule has 1 atom stereocenters. The molecule has 0 spiro atoms. The van der Waals surface area contributed by atoms with E-state index in [1.54, 1.807) is 48.1 Å². The van der Waals surface area contributed by atoms with Crippen molar-refractivity contribution in [2.45, 2.75) is 13.0 Å². The minimum atomic E-state index is -0.773. The van der Waals surface area contributed by atoms with Crippen LogP contribution in [0.25, 0.3) is 5.65 Å². The molecule has 0 aliphatic rings. The zero-order chi connectivity index (χ0) is 17.3. The molecule has 0 aliphatic heterocycles. The van der Waals surface area contributed by atoms with Crippen LogP contribution in [-0.4, -0.2) is 26.6 Å². The van der Waals surface area contributed by atoms with Crippen molar-refractivity contribution in [3.63, 3.8) is 0 Å². The summed E-state index contributed by atoms with van der Waals surface area (Å²) in [5.41, 5.74) is 1.05. The van der Waals surface area contributed by atoms with Gasteiger partial charge in [-0.1, -0.05) is 23.2 Å². The van der Waals surface area contributed by atoms with Crippen molar-refractivity contribution in [3.8, 4) is 5.75 Å². The first kappa shape index (κ1) is 17.0. The second kappa shape index (κ2) is 6.96. The standard InChI is InChI=1S/C15H11BrCl2N4O2/c1-8(24-13-3-2-10(17)5-11(13)18)15(23)20-12-4-9(16)6-22-7-19-21-14(12)22/h2-8H,1H3,(H,20,23). The molecule has 124 valence electrons. The molecule has 1 aromatic carbocycles. The van der Waals surface area contributed by atoms with Crippen molar-refractivity contribution in [3.05, 3.63) is 51.3 Å². The molecule has 24 heavy (non-hydrogen) atoms. The molecule has 1 unspecified atom stereocenters. The van der Waals surface area contributed by atoms with Crippen LogP contribution in [0.2, 0.25) is 10.0 Å². The van der Waals surface area contributed by atoms with Crippen molar-refractivity contribution in [1.29, 1.82) is 0 Å². The monoisotopic (exact) mass is 428 g/mol. The Morgan fingerprint density at radius 3 is 2.92 bits per heavy atom. The molecule has 2 aromatic heterocycles. The van der Waals surface area contributed by atoms with E-state index in [1.807, 2.05) is 0 Å². The molecule has 0 fully saturated rings. The number of hydrogen-bond acceptors (Lipinski definition) is 4. The second-order valence-corrected chi connectivity index (χ2v) is 6.72. The molecule has 9 heteroatoms. The van der Waals surface area contributed by atoms with E-state index in [0.717, 1.165) is 4.47 Å². The molecule has 6 nitrogen and oxygen atoms in total. The lowest BCUT2D eigenvalue weighted by Gasteiger charge is -2.16. The van der Waals surface area contributed by atoms with E-state index in [0.29, 0.717) is 27.1 Å². The van der Waals surface area contributed by atoms with Gasteiger partial charge in [-0.15, -0.1) is 10.2 Å². The molecular formula is C15H11BrCl2N4O2. The fourth-order valence-corrected chi connectivity index (χ4v) is 2.95. The SMILES string of the molecule is CC(Oc1ccc(Cl)cc1Cl)C(=O)Nc1cc(Br)cn2cnnc12. The zero-order valence-electron chi connectivity index (χ0n) is 12.3. The number of nitrogens with one attached hydrogen (secondary N) is 1. The van der Waals surface area contributed by atoms with Crippen LogP contribution in [-0.2, 0) is 4.79 Å². The molecule has 1 amide bonds. The van der Waals surface area contributed by atoms with Crippen LogP contribution in [0.3, 0.4) is 0 Å². The molecule has 2 heterocycles.